The predicted molar refractivity (Wildman–Crippen MR) is 39.8 cm³/mol. The maximum atomic E-state index is 9.44. The van der Waals surface area contributed by atoms with Gasteiger partial charge in [0, 0.05) is 0 Å². The minimum absolute atomic E-state index is 0.0278. The number of aliphatic hydroxyl groups excluding tert-OH is 1. The minimum atomic E-state index is -0.376. The summed E-state index contributed by atoms with van der Waals surface area (Å²) in [6.45, 7) is 4.60. The quantitative estimate of drug-likeness (QED) is 0.513. The van der Waals surface area contributed by atoms with E-state index >= 15 is 0 Å². The van der Waals surface area contributed by atoms with E-state index < -0.39 is 0 Å². The highest BCUT2D eigenvalue weighted by molar-refractivity contribution is 5.10. The van der Waals surface area contributed by atoms with Crippen LogP contribution in [0.25, 0.3) is 0 Å². The molecule has 1 fully saturated rings. The highest BCUT2D eigenvalue weighted by Gasteiger charge is 2.22. The Morgan fingerprint density at radius 1 is 1.70 bits per heavy atom. The Labute approximate surface area is 61.5 Å². The Morgan fingerprint density at radius 2 is 2.40 bits per heavy atom. The summed E-state index contributed by atoms with van der Waals surface area (Å²) in [5.74, 6) is 0. The summed E-state index contributed by atoms with van der Waals surface area (Å²) in [5.41, 5.74) is 1.11. The molecule has 2 atom stereocenters. The van der Waals surface area contributed by atoms with Gasteiger partial charge in [-0.15, -0.1) is 0 Å². The van der Waals surface area contributed by atoms with Gasteiger partial charge < -0.3 is 9.84 Å². The third-order valence-corrected chi connectivity index (χ3v) is 1.97. The maximum absolute atomic E-state index is 9.44. The summed E-state index contributed by atoms with van der Waals surface area (Å²) in [5, 5.41) is 9.44. The highest BCUT2D eigenvalue weighted by Crippen LogP contribution is 2.18. The standard InChI is InChI=1S/C8H14O2/c1-3-7-4-5-10-6(2)8(7)9/h3,6,8-9H,4-5H2,1-2H3/b7-3+/t6-,8-/m0/s1. The summed E-state index contributed by atoms with van der Waals surface area (Å²) in [7, 11) is 0. The molecule has 0 aromatic rings. The van der Waals surface area contributed by atoms with E-state index in [-0.39, 0.29) is 12.2 Å². The average Bonchev–Trinajstić information content (AvgIpc) is 1.95. The van der Waals surface area contributed by atoms with Crippen molar-refractivity contribution in [2.24, 2.45) is 0 Å². The minimum Gasteiger partial charge on any atom is -0.386 e. The molecule has 58 valence electrons. The first-order valence-corrected chi connectivity index (χ1v) is 3.70. The molecule has 0 saturated carbocycles. The van der Waals surface area contributed by atoms with Crippen LogP contribution in [0.3, 0.4) is 0 Å². The van der Waals surface area contributed by atoms with Crippen molar-refractivity contribution >= 4 is 0 Å². The fraction of sp³-hybridized carbons (Fsp3) is 0.750. The number of allylic oxidation sites excluding steroid dienone is 1. The van der Waals surface area contributed by atoms with Crippen molar-refractivity contribution < 1.29 is 9.84 Å². The third kappa shape index (κ3) is 1.39. The Hall–Kier alpha value is -0.340. The number of rotatable bonds is 0. The maximum Gasteiger partial charge on any atom is 0.101 e. The Bertz CT molecular complexity index is 140. The lowest BCUT2D eigenvalue weighted by molar-refractivity contribution is -0.0344. The van der Waals surface area contributed by atoms with E-state index in [1.807, 2.05) is 19.9 Å². The van der Waals surface area contributed by atoms with Gasteiger partial charge in [-0.2, -0.15) is 0 Å². The van der Waals surface area contributed by atoms with Gasteiger partial charge in [0.2, 0.25) is 0 Å². The van der Waals surface area contributed by atoms with Crippen LogP contribution >= 0.6 is 0 Å². The second kappa shape index (κ2) is 3.17. The van der Waals surface area contributed by atoms with E-state index in [9.17, 15) is 5.11 Å². The normalized spacial score (nSPS) is 38.5. The lowest BCUT2D eigenvalue weighted by Gasteiger charge is -2.27. The molecule has 1 aliphatic rings. The first kappa shape index (κ1) is 7.76. The van der Waals surface area contributed by atoms with Gasteiger partial charge in [-0.05, 0) is 25.8 Å². The molecule has 0 aromatic carbocycles. The van der Waals surface area contributed by atoms with Crippen LogP contribution in [0.15, 0.2) is 11.6 Å². The summed E-state index contributed by atoms with van der Waals surface area (Å²) in [4.78, 5) is 0. The van der Waals surface area contributed by atoms with Gasteiger partial charge in [-0.1, -0.05) is 6.08 Å². The molecule has 0 spiro atoms. The molecule has 10 heavy (non-hydrogen) atoms. The van der Waals surface area contributed by atoms with Crippen molar-refractivity contribution in [3.05, 3.63) is 11.6 Å². The molecule has 0 amide bonds. The molecular weight excluding hydrogens is 128 g/mol. The largest absolute Gasteiger partial charge is 0.386 e. The lowest BCUT2D eigenvalue weighted by Crippen LogP contribution is -2.33. The van der Waals surface area contributed by atoms with E-state index in [0.717, 1.165) is 18.6 Å². The van der Waals surface area contributed by atoms with Crippen molar-refractivity contribution in [1.29, 1.82) is 0 Å². The molecule has 0 unspecified atom stereocenters. The van der Waals surface area contributed by atoms with Crippen LogP contribution in [0.4, 0.5) is 0 Å². The van der Waals surface area contributed by atoms with Gasteiger partial charge in [-0.3, -0.25) is 0 Å². The third-order valence-electron chi connectivity index (χ3n) is 1.97. The fourth-order valence-electron chi connectivity index (χ4n) is 1.22. The van der Waals surface area contributed by atoms with Crippen molar-refractivity contribution in [1.82, 2.24) is 0 Å². The van der Waals surface area contributed by atoms with Crippen LogP contribution in [0.1, 0.15) is 20.3 Å². The van der Waals surface area contributed by atoms with E-state index in [1.54, 1.807) is 0 Å². The fourth-order valence-corrected chi connectivity index (χ4v) is 1.22. The summed E-state index contributed by atoms with van der Waals surface area (Å²) < 4.78 is 5.23. The van der Waals surface area contributed by atoms with Gasteiger partial charge in [0.25, 0.3) is 0 Å². The highest BCUT2D eigenvalue weighted by atomic mass is 16.5. The molecule has 2 heteroatoms. The molecule has 0 aromatic heterocycles. The van der Waals surface area contributed by atoms with Gasteiger partial charge in [0.05, 0.1) is 12.7 Å². The first-order valence-electron chi connectivity index (χ1n) is 3.70. The Morgan fingerprint density at radius 3 is 2.90 bits per heavy atom. The monoisotopic (exact) mass is 142 g/mol. The average molecular weight is 142 g/mol. The van der Waals surface area contributed by atoms with Crippen molar-refractivity contribution in [3.63, 3.8) is 0 Å². The molecule has 1 rings (SSSR count). The van der Waals surface area contributed by atoms with Gasteiger partial charge in [0.1, 0.15) is 6.10 Å². The van der Waals surface area contributed by atoms with Gasteiger partial charge in [-0.25, -0.2) is 0 Å². The number of hydrogen-bond acceptors (Lipinski definition) is 2. The second-order valence-electron chi connectivity index (χ2n) is 2.63. The van der Waals surface area contributed by atoms with Crippen LogP contribution in [0, 0.1) is 0 Å². The zero-order valence-corrected chi connectivity index (χ0v) is 6.50. The molecule has 1 saturated heterocycles. The van der Waals surface area contributed by atoms with Crippen LogP contribution in [0.5, 0.6) is 0 Å². The Balaban J connectivity index is 2.60. The van der Waals surface area contributed by atoms with Gasteiger partial charge in [0.15, 0.2) is 0 Å². The van der Waals surface area contributed by atoms with Crippen LogP contribution < -0.4 is 0 Å². The molecule has 0 aliphatic carbocycles. The van der Waals surface area contributed by atoms with Crippen molar-refractivity contribution in [2.45, 2.75) is 32.5 Å². The van der Waals surface area contributed by atoms with Crippen LogP contribution in [0.2, 0.25) is 0 Å². The summed E-state index contributed by atoms with van der Waals surface area (Å²) in [6, 6.07) is 0. The molecule has 1 N–H and O–H groups in total. The molecule has 0 bridgehead atoms. The smallest absolute Gasteiger partial charge is 0.101 e. The first-order chi connectivity index (χ1) is 4.75. The zero-order chi connectivity index (χ0) is 7.56. The predicted octanol–water partition coefficient (Wildman–Crippen LogP) is 1.10. The molecule has 1 aliphatic heterocycles. The number of aliphatic hydroxyl groups is 1. The lowest BCUT2D eigenvalue weighted by atomic mass is 10.00. The van der Waals surface area contributed by atoms with E-state index in [2.05, 4.69) is 0 Å². The SMILES string of the molecule is C/C=C1\CCO[C@@H](C)[C@@H]1O. The number of ether oxygens (including phenoxy) is 1. The van der Waals surface area contributed by atoms with Crippen molar-refractivity contribution in [3.8, 4) is 0 Å². The van der Waals surface area contributed by atoms with E-state index in [0.29, 0.717) is 0 Å². The second-order valence-corrected chi connectivity index (χ2v) is 2.63. The van der Waals surface area contributed by atoms with Crippen molar-refractivity contribution in [2.75, 3.05) is 6.61 Å². The zero-order valence-electron chi connectivity index (χ0n) is 6.50. The molecular formula is C8H14O2. The van der Waals surface area contributed by atoms with Gasteiger partial charge >= 0.3 is 0 Å². The molecule has 0 radical (unpaired) electrons. The molecule has 1 heterocycles. The Kier molecular flexibility index (Phi) is 2.46. The van der Waals surface area contributed by atoms with E-state index in [4.69, 9.17) is 4.74 Å². The van der Waals surface area contributed by atoms with Crippen LogP contribution in [-0.2, 0) is 4.74 Å². The summed E-state index contributed by atoms with van der Waals surface area (Å²) in [6.07, 6.45) is 2.45. The summed E-state index contributed by atoms with van der Waals surface area (Å²) >= 11 is 0. The van der Waals surface area contributed by atoms with Crippen LogP contribution in [-0.4, -0.2) is 23.9 Å². The van der Waals surface area contributed by atoms with E-state index in [1.165, 1.54) is 0 Å². The topological polar surface area (TPSA) is 29.5 Å². The molecule has 2 nitrogen and oxygen atoms in total. The number of hydrogen-bond donors (Lipinski definition) is 1.